The van der Waals surface area contributed by atoms with Gasteiger partial charge in [0.25, 0.3) is 0 Å². The minimum Gasteiger partial charge on any atom is -0.353 e. The quantitative estimate of drug-likeness (QED) is 0.803. The molecule has 1 aliphatic rings. The van der Waals surface area contributed by atoms with Gasteiger partial charge in [-0.2, -0.15) is 0 Å². The predicted octanol–water partition coefficient (Wildman–Crippen LogP) is 3.01. The van der Waals surface area contributed by atoms with Crippen LogP contribution in [0.3, 0.4) is 0 Å². The Balaban J connectivity index is 1.88. The van der Waals surface area contributed by atoms with Crippen molar-refractivity contribution in [2.24, 2.45) is 5.92 Å². The van der Waals surface area contributed by atoms with Crippen LogP contribution in [-0.4, -0.2) is 40.8 Å². The number of rotatable bonds is 6. The van der Waals surface area contributed by atoms with E-state index in [1.54, 1.807) is 28.4 Å². The SMILES string of the molecule is CCC[C@H](C)NC(=O)[C@H]1CCCN(C(=O)/C=C/c2csc(C)n2)C1. The molecule has 2 amide bonds. The molecular weight excluding hydrogens is 322 g/mol. The van der Waals surface area contributed by atoms with Gasteiger partial charge in [-0.3, -0.25) is 9.59 Å². The molecule has 1 N–H and O–H groups in total. The first-order valence-electron chi connectivity index (χ1n) is 8.69. The third-order valence-electron chi connectivity index (χ3n) is 4.25. The van der Waals surface area contributed by atoms with Gasteiger partial charge < -0.3 is 10.2 Å². The number of hydrogen-bond acceptors (Lipinski definition) is 4. The summed E-state index contributed by atoms with van der Waals surface area (Å²) in [7, 11) is 0. The lowest BCUT2D eigenvalue weighted by Crippen LogP contribution is -2.46. The molecule has 0 unspecified atom stereocenters. The minimum absolute atomic E-state index is 0.0419. The highest BCUT2D eigenvalue weighted by atomic mass is 32.1. The summed E-state index contributed by atoms with van der Waals surface area (Å²) in [5.74, 6) is -0.0655. The first-order valence-corrected chi connectivity index (χ1v) is 9.57. The van der Waals surface area contributed by atoms with Gasteiger partial charge in [0.15, 0.2) is 0 Å². The zero-order valence-electron chi connectivity index (χ0n) is 14.7. The largest absolute Gasteiger partial charge is 0.353 e. The van der Waals surface area contributed by atoms with Crippen molar-refractivity contribution in [2.75, 3.05) is 13.1 Å². The van der Waals surface area contributed by atoms with E-state index in [1.807, 2.05) is 19.2 Å². The molecule has 0 spiro atoms. The molecule has 2 rings (SSSR count). The van der Waals surface area contributed by atoms with Gasteiger partial charge in [0.05, 0.1) is 16.6 Å². The van der Waals surface area contributed by atoms with Gasteiger partial charge in [0.1, 0.15) is 0 Å². The molecule has 0 bridgehead atoms. The van der Waals surface area contributed by atoms with Gasteiger partial charge in [-0.25, -0.2) is 4.98 Å². The molecule has 0 aliphatic carbocycles. The smallest absolute Gasteiger partial charge is 0.246 e. The topological polar surface area (TPSA) is 62.3 Å². The highest BCUT2D eigenvalue weighted by Gasteiger charge is 2.28. The monoisotopic (exact) mass is 349 g/mol. The summed E-state index contributed by atoms with van der Waals surface area (Å²) in [4.78, 5) is 30.8. The molecule has 0 saturated carbocycles. The van der Waals surface area contributed by atoms with Gasteiger partial charge in [-0.05, 0) is 39.2 Å². The van der Waals surface area contributed by atoms with E-state index >= 15 is 0 Å². The van der Waals surface area contributed by atoms with Crippen LogP contribution in [0, 0.1) is 12.8 Å². The fourth-order valence-electron chi connectivity index (χ4n) is 2.98. The lowest BCUT2D eigenvalue weighted by atomic mass is 9.96. The number of likely N-dealkylation sites (tertiary alicyclic amines) is 1. The van der Waals surface area contributed by atoms with Crippen LogP contribution in [0.2, 0.25) is 0 Å². The number of piperidine rings is 1. The molecule has 24 heavy (non-hydrogen) atoms. The van der Waals surface area contributed by atoms with Crippen molar-refractivity contribution in [3.63, 3.8) is 0 Å². The zero-order chi connectivity index (χ0) is 17.5. The Bertz CT molecular complexity index is 597. The summed E-state index contributed by atoms with van der Waals surface area (Å²) >= 11 is 1.57. The molecular formula is C18H27N3O2S. The third kappa shape index (κ3) is 5.44. The fraction of sp³-hybridized carbons (Fsp3) is 0.611. The summed E-state index contributed by atoms with van der Waals surface area (Å²) in [6.45, 7) is 7.31. The molecule has 1 saturated heterocycles. The average Bonchev–Trinajstić information content (AvgIpc) is 2.98. The number of amides is 2. The number of nitrogens with zero attached hydrogens (tertiary/aromatic N) is 2. The molecule has 1 aliphatic heterocycles. The van der Waals surface area contributed by atoms with Crippen LogP contribution in [-0.2, 0) is 9.59 Å². The highest BCUT2D eigenvalue weighted by Crippen LogP contribution is 2.18. The normalized spacial score (nSPS) is 19.5. The van der Waals surface area contributed by atoms with Crippen molar-refractivity contribution >= 4 is 29.2 Å². The van der Waals surface area contributed by atoms with E-state index in [1.165, 1.54) is 0 Å². The minimum atomic E-state index is -0.100. The maximum Gasteiger partial charge on any atom is 0.246 e. The summed E-state index contributed by atoms with van der Waals surface area (Å²) in [5.41, 5.74) is 0.811. The molecule has 2 heterocycles. The van der Waals surface area contributed by atoms with E-state index in [-0.39, 0.29) is 23.8 Å². The Morgan fingerprint density at radius 2 is 2.33 bits per heavy atom. The van der Waals surface area contributed by atoms with Gasteiger partial charge in [0, 0.05) is 30.6 Å². The molecule has 1 fully saturated rings. The Kier molecular flexibility index (Phi) is 6.97. The zero-order valence-corrected chi connectivity index (χ0v) is 15.6. The number of aryl methyl sites for hydroxylation is 1. The molecule has 0 radical (unpaired) electrons. The molecule has 0 aromatic carbocycles. The Hall–Kier alpha value is -1.69. The van der Waals surface area contributed by atoms with E-state index < -0.39 is 0 Å². The summed E-state index contributed by atoms with van der Waals surface area (Å²) < 4.78 is 0. The van der Waals surface area contributed by atoms with E-state index in [2.05, 4.69) is 17.2 Å². The number of carbonyl (C=O) groups is 2. The van der Waals surface area contributed by atoms with Crippen LogP contribution in [0.25, 0.3) is 6.08 Å². The Morgan fingerprint density at radius 3 is 3.00 bits per heavy atom. The Morgan fingerprint density at radius 1 is 1.54 bits per heavy atom. The van der Waals surface area contributed by atoms with Gasteiger partial charge in [0.2, 0.25) is 11.8 Å². The summed E-state index contributed by atoms with van der Waals surface area (Å²) in [5, 5.41) is 5.98. The predicted molar refractivity (Wildman–Crippen MR) is 97.7 cm³/mol. The van der Waals surface area contributed by atoms with Crippen LogP contribution in [0.1, 0.15) is 50.2 Å². The summed E-state index contributed by atoms with van der Waals surface area (Å²) in [6, 6.07) is 0.196. The van der Waals surface area contributed by atoms with E-state index in [4.69, 9.17) is 0 Å². The van der Waals surface area contributed by atoms with Crippen LogP contribution in [0.5, 0.6) is 0 Å². The number of aromatic nitrogens is 1. The first kappa shape index (κ1) is 18.6. The maximum absolute atomic E-state index is 12.4. The van der Waals surface area contributed by atoms with Crippen molar-refractivity contribution < 1.29 is 9.59 Å². The second-order valence-electron chi connectivity index (χ2n) is 6.45. The molecule has 6 heteroatoms. The van der Waals surface area contributed by atoms with Crippen molar-refractivity contribution in [1.82, 2.24) is 15.2 Å². The van der Waals surface area contributed by atoms with Crippen LogP contribution in [0.4, 0.5) is 0 Å². The average molecular weight is 350 g/mol. The molecule has 1 aromatic heterocycles. The van der Waals surface area contributed by atoms with Gasteiger partial charge in [-0.1, -0.05) is 13.3 Å². The summed E-state index contributed by atoms with van der Waals surface area (Å²) in [6.07, 6.45) is 7.07. The number of thiazole rings is 1. The molecule has 132 valence electrons. The van der Waals surface area contributed by atoms with Gasteiger partial charge in [-0.15, -0.1) is 11.3 Å². The number of carbonyl (C=O) groups excluding carboxylic acids is 2. The van der Waals surface area contributed by atoms with Crippen LogP contribution < -0.4 is 5.32 Å². The second-order valence-corrected chi connectivity index (χ2v) is 7.51. The molecule has 5 nitrogen and oxygen atoms in total. The van der Waals surface area contributed by atoms with Crippen LogP contribution in [0.15, 0.2) is 11.5 Å². The maximum atomic E-state index is 12.4. The van der Waals surface area contributed by atoms with Crippen molar-refractivity contribution in [2.45, 2.75) is 52.5 Å². The van der Waals surface area contributed by atoms with Crippen molar-refractivity contribution in [3.8, 4) is 0 Å². The fourth-order valence-corrected chi connectivity index (χ4v) is 3.56. The highest BCUT2D eigenvalue weighted by molar-refractivity contribution is 7.09. The first-order chi connectivity index (χ1) is 11.5. The lowest BCUT2D eigenvalue weighted by molar-refractivity contribution is -0.132. The lowest BCUT2D eigenvalue weighted by Gasteiger charge is -2.32. The van der Waals surface area contributed by atoms with E-state index in [0.29, 0.717) is 13.1 Å². The molecule has 1 aromatic rings. The van der Waals surface area contributed by atoms with Crippen molar-refractivity contribution in [1.29, 1.82) is 0 Å². The number of hydrogen-bond donors (Lipinski definition) is 1. The van der Waals surface area contributed by atoms with Crippen LogP contribution >= 0.6 is 11.3 Å². The van der Waals surface area contributed by atoms with E-state index in [0.717, 1.165) is 36.4 Å². The van der Waals surface area contributed by atoms with Gasteiger partial charge >= 0.3 is 0 Å². The third-order valence-corrected chi connectivity index (χ3v) is 5.04. The molecule has 2 atom stereocenters. The van der Waals surface area contributed by atoms with E-state index in [9.17, 15) is 9.59 Å². The standard InChI is InChI=1S/C18H27N3O2S/c1-4-6-13(2)19-18(23)15-7-5-10-21(11-15)17(22)9-8-16-12-24-14(3)20-16/h8-9,12-13,15H,4-7,10-11H2,1-3H3,(H,19,23)/b9-8+/t13-,15-/m0/s1. The Labute approximate surface area is 148 Å². The second kappa shape index (κ2) is 8.97. The van der Waals surface area contributed by atoms with Crippen molar-refractivity contribution in [3.05, 3.63) is 22.2 Å². The number of nitrogens with one attached hydrogen (secondary N) is 1.